The first-order chi connectivity index (χ1) is 7.85. The normalized spacial score (nSPS) is 25.6. The smallest absolute Gasteiger partial charge is 0.0537 e. The van der Waals surface area contributed by atoms with Gasteiger partial charge >= 0.3 is 0 Å². The van der Waals surface area contributed by atoms with Crippen molar-refractivity contribution >= 4 is 0 Å². The zero-order valence-corrected chi connectivity index (χ0v) is 10.0. The Morgan fingerprint density at radius 1 is 1.31 bits per heavy atom. The molecule has 1 unspecified atom stereocenters. The van der Waals surface area contributed by atoms with Crippen molar-refractivity contribution in [2.45, 2.75) is 19.3 Å². The SMILES string of the molecule is CNCC1(Cc2ccccc2)CCCOC1. The van der Waals surface area contributed by atoms with Crippen LogP contribution in [0.1, 0.15) is 18.4 Å². The summed E-state index contributed by atoms with van der Waals surface area (Å²) in [6, 6.07) is 10.7. The summed E-state index contributed by atoms with van der Waals surface area (Å²) in [5.74, 6) is 0. The maximum absolute atomic E-state index is 5.67. The maximum atomic E-state index is 5.67. The molecule has 16 heavy (non-hydrogen) atoms. The highest BCUT2D eigenvalue weighted by Gasteiger charge is 2.32. The molecule has 1 atom stereocenters. The number of hydrogen-bond donors (Lipinski definition) is 1. The Labute approximate surface area is 98.0 Å². The molecule has 1 aliphatic rings. The van der Waals surface area contributed by atoms with E-state index in [1.165, 1.54) is 18.4 Å². The lowest BCUT2D eigenvalue weighted by Crippen LogP contribution is -2.41. The molecule has 0 radical (unpaired) electrons. The Bertz CT molecular complexity index is 298. The molecule has 0 saturated carbocycles. The Kier molecular flexibility index (Phi) is 3.97. The predicted molar refractivity (Wildman–Crippen MR) is 66.6 cm³/mol. The van der Waals surface area contributed by atoms with Crippen molar-refractivity contribution in [1.29, 1.82) is 0 Å². The minimum Gasteiger partial charge on any atom is -0.381 e. The van der Waals surface area contributed by atoms with Gasteiger partial charge in [-0.1, -0.05) is 30.3 Å². The monoisotopic (exact) mass is 219 g/mol. The van der Waals surface area contributed by atoms with Crippen LogP contribution >= 0.6 is 0 Å². The average molecular weight is 219 g/mol. The van der Waals surface area contributed by atoms with E-state index in [2.05, 4.69) is 35.6 Å². The molecule has 2 rings (SSSR count). The van der Waals surface area contributed by atoms with E-state index < -0.39 is 0 Å². The molecule has 1 saturated heterocycles. The highest BCUT2D eigenvalue weighted by molar-refractivity contribution is 5.17. The van der Waals surface area contributed by atoms with Crippen molar-refractivity contribution in [1.82, 2.24) is 5.32 Å². The van der Waals surface area contributed by atoms with Crippen molar-refractivity contribution in [3.63, 3.8) is 0 Å². The van der Waals surface area contributed by atoms with Gasteiger partial charge in [0.05, 0.1) is 6.61 Å². The number of benzene rings is 1. The Balaban J connectivity index is 2.07. The zero-order chi connectivity index (χ0) is 11.3. The average Bonchev–Trinajstić information content (AvgIpc) is 2.31. The summed E-state index contributed by atoms with van der Waals surface area (Å²) in [5, 5.41) is 3.32. The molecule has 1 aliphatic heterocycles. The Hall–Kier alpha value is -0.860. The van der Waals surface area contributed by atoms with Crippen molar-refractivity contribution in [3.8, 4) is 0 Å². The largest absolute Gasteiger partial charge is 0.381 e. The molecular formula is C14H21NO. The van der Waals surface area contributed by atoms with Gasteiger partial charge in [0.1, 0.15) is 0 Å². The summed E-state index contributed by atoms with van der Waals surface area (Å²) in [4.78, 5) is 0. The quantitative estimate of drug-likeness (QED) is 0.838. The fraction of sp³-hybridized carbons (Fsp3) is 0.571. The van der Waals surface area contributed by atoms with Crippen molar-refractivity contribution < 1.29 is 4.74 Å². The first kappa shape index (κ1) is 11.6. The highest BCUT2D eigenvalue weighted by Crippen LogP contribution is 2.31. The van der Waals surface area contributed by atoms with Crippen LogP contribution in [0, 0.1) is 5.41 Å². The van der Waals surface area contributed by atoms with Crippen LogP contribution in [0.2, 0.25) is 0 Å². The van der Waals surface area contributed by atoms with E-state index in [0.717, 1.165) is 26.2 Å². The lowest BCUT2D eigenvalue weighted by atomic mass is 9.77. The molecule has 0 aromatic heterocycles. The van der Waals surface area contributed by atoms with Crippen molar-refractivity contribution in [3.05, 3.63) is 35.9 Å². The van der Waals surface area contributed by atoms with Gasteiger partial charge in [-0.15, -0.1) is 0 Å². The molecule has 0 bridgehead atoms. The Morgan fingerprint density at radius 2 is 2.12 bits per heavy atom. The molecule has 0 amide bonds. The van der Waals surface area contributed by atoms with Crippen molar-refractivity contribution in [2.24, 2.45) is 5.41 Å². The molecule has 1 N–H and O–H groups in total. The lowest BCUT2D eigenvalue weighted by molar-refractivity contribution is -0.00623. The molecule has 0 aliphatic carbocycles. The minimum absolute atomic E-state index is 0.300. The van der Waals surface area contributed by atoms with E-state index in [9.17, 15) is 0 Å². The third-order valence-corrected chi connectivity index (χ3v) is 3.38. The molecule has 88 valence electrons. The third-order valence-electron chi connectivity index (χ3n) is 3.38. The van der Waals surface area contributed by atoms with Crippen LogP contribution in [0.4, 0.5) is 0 Å². The van der Waals surface area contributed by atoms with Crippen molar-refractivity contribution in [2.75, 3.05) is 26.8 Å². The Morgan fingerprint density at radius 3 is 2.75 bits per heavy atom. The van der Waals surface area contributed by atoms with E-state index in [1.807, 2.05) is 7.05 Å². The van der Waals surface area contributed by atoms with Gasteiger partial charge in [-0.2, -0.15) is 0 Å². The molecule has 1 fully saturated rings. The summed E-state index contributed by atoms with van der Waals surface area (Å²) in [5.41, 5.74) is 1.72. The predicted octanol–water partition coefficient (Wildman–Crippen LogP) is 2.25. The van der Waals surface area contributed by atoms with Crippen LogP contribution in [0.25, 0.3) is 0 Å². The number of ether oxygens (including phenoxy) is 1. The number of hydrogen-bond acceptors (Lipinski definition) is 2. The van der Waals surface area contributed by atoms with E-state index in [1.54, 1.807) is 0 Å². The highest BCUT2D eigenvalue weighted by atomic mass is 16.5. The number of nitrogens with one attached hydrogen (secondary N) is 1. The second-order valence-electron chi connectivity index (χ2n) is 4.85. The molecule has 1 aromatic carbocycles. The van der Waals surface area contributed by atoms with Gasteiger partial charge < -0.3 is 10.1 Å². The third kappa shape index (κ3) is 2.83. The van der Waals surface area contributed by atoms with Crippen LogP contribution in [-0.2, 0) is 11.2 Å². The molecule has 1 aromatic rings. The molecule has 2 nitrogen and oxygen atoms in total. The lowest BCUT2D eigenvalue weighted by Gasteiger charge is -2.37. The molecule has 2 heteroatoms. The van der Waals surface area contributed by atoms with Gasteiger partial charge in [-0.25, -0.2) is 0 Å². The molecule has 1 heterocycles. The van der Waals surface area contributed by atoms with Gasteiger partial charge in [0, 0.05) is 18.6 Å². The van der Waals surface area contributed by atoms with Crippen LogP contribution in [0.3, 0.4) is 0 Å². The minimum atomic E-state index is 0.300. The second kappa shape index (κ2) is 5.46. The van der Waals surface area contributed by atoms with Crippen LogP contribution in [-0.4, -0.2) is 26.8 Å². The standard InChI is InChI=1S/C14H21NO/c1-15-11-14(8-5-9-16-12-14)10-13-6-3-2-4-7-13/h2-4,6-7,15H,5,8-12H2,1H3. The van der Waals surface area contributed by atoms with Gasteiger partial charge in [0.25, 0.3) is 0 Å². The summed E-state index contributed by atoms with van der Waals surface area (Å²) >= 11 is 0. The zero-order valence-electron chi connectivity index (χ0n) is 10.0. The fourth-order valence-corrected chi connectivity index (χ4v) is 2.66. The summed E-state index contributed by atoms with van der Waals surface area (Å²) in [7, 11) is 2.03. The molecular weight excluding hydrogens is 198 g/mol. The van der Waals surface area contributed by atoms with Gasteiger partial charge in [0.2, 0.25) is 0 Å². The maximum Gasteiger partial charge on any atom is 0.0537 e. The fourth-order valence-electron chi connectivity index (χ4n) is 2.66. The first-order valence-corrected chi connectivity index (χ1v) is 6.11. The molecule has 0 spiro atoms. The summed E-state index contributed by atoms with van der Waals surface area (Å²) in [6.07, 6.45) is 3.58. The van der Waals surface area contributed by atoms with E-state index in [4.69, 9.17) is 4.74 Å². The second-order valence-corrected chi connectivity index (χ2v) is 4.85. The first-order valence-electron chi connectivity index (χ1n) is 6.11. The van der Waals surface area contributed by atoms with E-state index in [-0.39, 0.29) is 0 Å². The van der Waals surface area contributed by atoms with Crippen LogP contribution in [0.5, 0.6) is 0 Å². The van der Waals surface area contributed by atoms with Gasteiger partial charge in [0.15, 0.2) is 0 Å². The summed E-state index contributed by atoms with van der Waals surface area (Å²) in [6.45, 7) is 2.87. The number of rotatable bonds is 4. The van der Waals surface area contributed by atoms with E-state index in [0.29, 0.717) is 5.41 Å². The van der Waals surface area contributed by atoms with Gasteiger partial charge in [-0.05, 0) is 31.9 Å². The topological polar surface area (TPSA) is 21.3 Å². The van der Waals surface area contributed by atoms with Gasteiger partial charge in [-0.3, -0.25) is 0 Å². The van der Waals surface area contributed by atoms with Crippen LogP contribution in [0.15, 0.2) is 30.3 Å². The van der Waals surface area contributed by atoms with Crippen LogP contribution < -0.4 is 5.32 Å². The van der Waals surface area contributed by atoms with E-state index >= 15 is 0 Å². The summed E-state index contributed by atoms with van der Waals surface area (Å²) < 4.78 is 5.67.